The monoisotopic (exact) mass is 347 g/mol. The Morgan fingerprint density at radius 1 is 1.14 bits per heavy atom. The fourth-order valence-electron chi connectivity index (χ4n) is 2.60. The minimum absolute atomic E-state index is 0.154. The van der Waals surface area contributed by atoms with Crippen LogP contribution in [-0.2, 0) is 6.42 Å². The van der Waals surface area contributed by atoms with Gasteiger partial charge < -0.3 is 10.4 Å². The zero-order chi connectivity index (χ0) is 15.2. The zero-order valence-electron chi connectivity index (χ0n) is 12.5. The summed E-state index contributed by atoms with van der Waals surface area (Å²) in [6.45, 7) is 4.32. The van der Waals surface area contributed by atoms with Crippen LogP contribution in [0.4, 0.5) is 0 Å². The molecule has 2 rings (SSSR count). The van der Waals surface area contributed by atoms with Crippen LogP contribution in [0.25, 0.3) is 0 Å². The van der Waals surface area contributed by atoms with Crippen LogP contribution in [0.3, 0.4) is 0 Å². The molecule has 0 aromatic heterocycles. The van der Waals surface area contributed by atoms with E-state index in [-0.39, 0.29) is 6.04 Å². The van der Waals surface area contributed by atoms with E-state index >= 15 is 0 Å². The molecule has 0 amide bonds. The predicted molar refractivity (Wildman–Crippen MR) is 91.6 cm³/mol. The Balaban J connectivity index is 2.06. The number of nitrogens with one attached hydrogen (secondary N) is 1. The summed E-state index contributed by atoms with van der Waals surface area (Å²) in [7, 11) is 0. The van der Waals surface area contributed by atoms with Crippen LogP contribution in [0.5, 0.6) is 5.75 Å². The van der Waals surface area contributed by atoms with Gasteiger partial charge in [0.1, 0.15) is 5.75 Å². The van der Waals surface area contributed by atoms with Gasteiger partial charge in [-0.1, -0.05) is 53.2 Å². The normalized spacial score (nSPS) is 13.9. The maximum absolute atomic E-state index is 10.1. The lowest BCUT2D eigenvalue weighted by Crippen LogP contribution is -2.32. The molecule has 112 valence electrons. The molecule has 0 fully saturated rings. The molecule has 2 aromatic rings. The standard InChI is InChI=1S/C18H22BrNO/c1-3-17(16-12-15(19)9-10-18(16)21)20-13(2)11-14-7-5-4-6-8-14/h4-10,12-13,17,20-21H,3,11H2,1-2H3. The largest absolute Gasteiger partial charge is 0.508 e. The van der Waals surface area contributed by atoms with E-state index in [1.54, 1.807) is 6.07 Å². The van der Waals surface area contributed by atoms with E-state index in [0.29, 0.717) is 11.8 Å². The van der Waals surface area contributed by atoms with Crippen molar-refractivity contribution in [3.63, 3.8) is 0 Å². The Hall–Kier alpha value is -1.32. The first-order valence-electron chi connectivity index (χ1n) is 7.38. The Kier molecular flexibility index (Phi) is 5.83. The number of hydrogen-bond acceptors (Lipinski definition) is 2. The van der Waals surface area contributed by atoms with Crippen molar-refractivity contribution in [2.45, 2.75) is 38.8 Å². The molecule has 2 nitrogen and oxygen atoms in total. The lowest BCUT2D eigenvalue weighted by molar-refractivity contribution is 0.413. The van der Waals surface area contributed by atoms with Gasteiger partial charge in [0.2, 0.25) is 0 Å². The fraction of sp³-hybridized carbons (Fsp3) is 0.333. The smallest absolute Gasteiger partial charge is 0.120 e. The summed E-state index contributed by atoms with van der Waals surface area (Å²) in [6.07, 6.45) is 1.91. The van der Waals surface area contributed by atoms with Crippen molar-refractivity contribution >= 4 is 15.9 Å². The first-order valence-corrected chi connectivity index (χ1v) is 8.17. The van der Waals surface area contributed by atoms with Gasteiger partial charge in [-0.25, -0.2) is 0 Å². The van der Waals surface area contributed by atoms with E-state index in [4.69, 9.17) is 0 Å². The number of halogens is 1. The molecule has 0 bridgehead atoms. The molecule has 3 heteroatoms. The third-order valence-corrected chi connectivity index (χ3v) is 4.14. The fourth-order valence-corrected chi connectivity index (χ4v) is 2.98. The van der Waals surface area contributed by atoms with E-state index in [2.05, 4.69) is 59.4 Å². The minimum Gasteiger partial charge on any atom is -0.508 e. The number of phenolic OH excluding ortho intramolecular Hbond substituents is 1. The maximum Gasteiger partial charge on any atom is 0.120 e. The third kappa shape index (κ3) is 4.58. The van der Waals surface area contributed by atoms with Crippen molar-refractivity contribution in [1.29, 1.82) is 0 Å². The second kappa shape index (κ2) is 7.62. The van der Waals surface area contributed by atoms with Gasteiger partial charge in [-0.3, -0.25) is 0 Å². The first kappa shape index (κ1) is 16.1. The number of rotatable bonds is 6. The molecule has 0 aliphatic rings. The molecule has 0 aliphatic heterocycles. The van der Waals surface area contributed by atoms with Crippen molar-refractivity contribution in [1.82, 2.24) is 5.32 Å². The SMILES string of the molecule is CCC(NC(C)Cc1ccccc1)c1cc(Br)ccc1O. The van der Waals surface area contributed by atoms with Gasteiger partial charge in [-0.2, -0.15) is 0 Å². The Bertz CT molecular complexity index is 571. The van der Waals surface area contributed by atoms with E-state index in [1.807, 2.05) is 18.2 Å². The van der Waals surface area contributed by atoms with Gasteiger partial charge >= 0.3 is 0 Å². The van der Waals surface area contributed by atoms with Gasteiger partial charge in [-0.15, -0.1) is 0 Å². The van der Waals surface area contributed by atoms with Gasteiger partial charge in [0.15, 0.2) is 0 Å². The lowest BCUT2D eigenvalue weighted by Gasteiger charge is -2.23. The maximum atomic E-state index is 10.1. The van der Waals surface area contributed by atoms with Crippen LogP contribution in [0.1, 0.15) is 37.4 Å². The number of benzene rings is 2. The highest BCUT2D eigenvalue weighted by Crippen LogP contribution is 2.29. The average molecular weight is 348 g/mol. The summed E-state index contributed by atoms with van der Waals surface area (Å²) in [5.41, 5.74) is 2.28. The Morgan fingerprint density at radius 3 is 2.52 bits per heavy atom. The van der Waals surface area contributed by atoms with Crippen molar-refractivity contribution in [3.05, 3.63) is 64.1 Å². The second-order valence-electron chi connectivity index (χ2n) is 5.42. The number of aromatic hydroxyl groups is 1. The highest BCUT2D eigenvalue weighted by atomic mass is 79.9. The molecule has 0 saturated carbocycles. The summed E-state index contributed by atoms with van der Waals surface area (Å²) >= 11 is 3.47. The summed E-state index contributed by atoms with van der Waals surface area (Å²) in [5.74, 6) is 0.351. The number of phenols is 1. The van der Waals surface area contributed by atoms with Gasteiger partial charge in [0.25, 0.3) is 0 Å². The van der Waals surface area contributed by atoms with E-state index in [1.165, 1.54) is 5.56 Å². The van der Waals surface area contributed by atoms with Crippen LogP contribution < -0.4 is 5.32 Å². The third-order valence-electron chi connectivity index (χ3n) is 3.64. The Labute approximate surface area is 135 Å². The van der Waals surface area contributed by atoms with Gasteiger partial charge in [0.05, 0.1) is 0 Å². The predicted octanol–water partition coefficient (Wildman–Crippen LogP) is 4.83. The quantitative estimate of drug-likeness (QED) is 0.784. The zero-order valence-corrected chi connectivity index (χ0v) is 14.1. The summed E-state index contributed by atoms with van der Waals surface area (Å²) in [5, 5.41) is 13.7. The average Bonchev–Trinajstić information content (AvgIpc) is 2.48. The van der Waals surface area contributed by atoms with Crippen LogP contribution in [0.15, 0.2) is 53.0 Å². The van der Waals surface area contributed by atoms with Crippen molar-refractivity contribution in [2.75, 3.05) is 0 Å². The van der Waals surface area contributed by atoms with Crippen molar-refractivity contribution in [2.24, 2.45) is 0 Å². The molecule has 0 radical (unpaired) electrons. The molecule has 2 N–H and O–H groups in total. The molecule has 2 unspecified atom stereocenters. The molecule has 2 atom stereocenters. The summed E-state index contributed by atoms with van der Waals surface area (Å²) < 4.78 is 0.992. The highest BCUT2D eigenvalue weighted by Gasteiger charge is 2.16. The van der Waals surface area contributed by atoms with E-state index in [9.17, 15) is 5.11 Å². The first-order chi connectivity index (χ1) is 10.1. The van der Waals surface area contributed by atoms with Crippen LogP contribution >= 0.6 is 15.9 Å². The van der Waals surface area contributed by atoms with Gasteiger partial charge in [0, 0.05) is 22.1 Å². The summed E-state index contributed by atoms with van der Waals surface area (Å²) in [6, 6.07) is 16.6. The highest BCUT2D eigenvalue weighted by molar-refractivity contribution is 9.10. The molecule has 0 saturated heterocycles. The van der Waals surface area contributed by atoms with Crippen molar-refractivity contribution < 1.29 is 5.11 Å². The van der Waals surface area contributed by atoms with Crippen LogP contribution in [-0.4, -0.2) is 11.1 Å². The molecular weight excluding hydrogens is 326 g/mol. The molecular formula is C18H22BrNO. The molecule has 0 spiro atoms. The van der Waals surface area contributed by atoms with Gasteiger partial charge in [-0.05, 0) is 43.5 Å². The lowest BCUT2D eigenvalue weighted by atomic mass is 10.0. The molecule has 0 heterocycles. The minimum atomic E-state index is 0.154. The Morgan fingerprint density at radius 2 is 1.86 bits per heavy atom. The molecule has 2 aromatic carbocycles. The number of hydrogen-bond donors (Lipinski definition) is 2. The topological polar surface area (TPSA) is 32.3 Å². The second-order valence-corrected chi connectivity index (χ2v) is 6.34. The molecule has 0 aliphatic carbocycles. The van der Waals surface area contributed by atoms with Crippen molar-refractivity contribution in [3.8, 4) is 5.75 Å². The summed E-state index contributed by atoms with van der Waals surface area (Å²) in [4.78, 5) is 0. The van der Waals surface area contributed by atoms with Crippen LogP contribution in [0, 0.1) is 0 Å². The van der Waals surface area contributed by atoms with Crippen LogP contribution in [0.2, 0.25) is 0 Å². The van der Waals surface area contributed by atoms with E-state index in [0.717, 1.165) is 22.9 Å². The molecule has 21 heavy (non-hydrogen) atoms. The van der Waals surface area contributed by atoms with E-state index < -0.39 is 0 Å².